The van der Waals surface area contributed by atoms with Gasteiger partial charge in [-0.1, -0.05) is 87.5 Å². The summed E-state index contributed by atoms with van der Waals surface area (Å²) in [6.07, 6.45) is -1.58. The molecule has 3 atom stereocenters. The van der Waals surface area contributed by atoms with E-state index in [1.807, 2.05) is 18.2 Å². The van der Waals surface area contributed by atoms with Gasteiger partial charge in [0.25, 0.3) is 0 Å². The van der Waals surface area contributed by atoms with Crippen LogP contribution >= 0.6 is 0 Å². The van der Waals surface area contributed by atoms with Gasteiger partial charge in [0.2, 0.25) is 0 Å². The maximum Gasteiger partial charge on any atom is 0.416 e. The first-order valence-corrected chi connectivity index (χ1v) is 12.7. The lowest BCUT2D eigenvalue weighted by atomic mass is 9.88. The zero-order valence-electron chi connectivity index (χ0n) is 21.3. The standard InChI is InChI=1S/C31H38F3N/c1-22(2)20-25-10-14-27(15-11-25)23(3)24(4)35-19-18-29(28-8-6-5-7-9-28)21-26-12-16-30(17-13-26)31(32,33)34/h5-17,22-24,29,35H,18-21H2,1-4H3. The van der Waals surface area contributed by atoms with Crippen LogP contribution in [0.1, 0.15) is 73.8 Å². The molecule has 3 rings (SSSR count). The minimum absolute atomic E-state index is 0.234. The van der Waals surface area contributed by atoms with E-state index in [-0.39, 0.29) is 5.92 Å². The van der Waals surface area contributed by atoms with Crippen LogP contribution in [0.4, 0.5) is 13.2 Å². The zero-order valence-corrected chi connectivity index (χ0v) is 21.3. The number of halogens is 3. The molecule has 35 heavy (non-hydrogen) atoms. The van der Waals surface area contributed by atoms with E-state index in [4.69, 9.17) is 0 Å². The van der Waals surface area contributed by atoms with E-state index in [9.17, 15) is 13.2 Å². The van der Waals surface area contributed by atoms with Gasteiger partial charge in [-0.05, 0) is 84.9 Å². The highest BCUT2D eigenvalue weighted by Crippen LogP contribution is 2.31. The molecular formula is C31H38F3N. The van der Waals surface area contributed by atoms with Gasteiger partial charge in [0.1, 0.15) is 0 Å². The van der Waals surface area contributed by atoms with Crippen molar-refractivity contribution in [3.8, 4) is 0 Å². The molecule has 0 fully saturated rings. The molecule has 3 unspecified atom stereocenters. The number of hydrogen-bond acceptors (Lipinski definition) is 1. The third-order valence-electron chi connectivity index (χ3n) is 6.89. The lowest BCUT2D eigenvalue weighted by Crippen LogP contribution is -2.32. The number of alkyl halides is 3. The van der Waals surface area contributed by atoms with Crippen LogP contribution in [0.2, 0.25) is 0 Å². The summed E-state index contributed by atoms with van der Waals surface area (Å²) in [5.41, 5.74) is 4.26. The topological polar surface area (TPSA) is 12.0 Å². The fourth-order valence-corrected chi connectivity index (χ4v) is 4.61. The fraction of sp³-hybridized carbons (Fsp3) is 0.419. The van der Waals surface area contributed by atoms with Crippen molar-refractivity contribution in [2.45, 2.75) is 71.0 Å². The Kier molecular flexibility index (Phi) is 9.56. The fourth-order valence-electron chi connectivity index (χ4n) is 4.61. The molecule has 0 amide bonds. The Balaban J connectivity index is 1.60. The minimum Gasteiger partial charge on any atom is -0.314 e. The van der Waals surface area contributed by atoms with Gasteiger partial charge in [-0.2, -0.15) is 13.2 Å². The van der Waals surface area contributed by atoms with Crippen molar-refractivity contribution in [2.75, 3.05) is 6.54 Å². The second-order valence-corrected chi connectivity index (χ2v) is 10.2. The normalized spacial score (nSPS) is 14.6. The van der Waals surface area contributed by atoms with Gasteiger partial charge >= 0.3 is 6.18 Å². The molecular weight excluding hydrogens is 443 g/mol. The van der Waals surface area contributed by atoms with Crippen LogP contribution in [0.15, 0.2) is 78.9 Å². The van der Waals surface area contributed by atoms with Crippen molar-refractivity contribution in [3.05, 3.63) is 107 Å². The molecule has 0 aliphatic rings. The molecule has 0 aliphatic heterocycles. The molecule has 0 spiro atoms. The average Bonchev–Trinajstić information content (AvgIpc) is 2.83. The summed E-state index contributed by atoms with van der Waals surface area (Å²) in [6, 6.07) is 25.2. The Bertz CT molecular complexity index is 1010. The van der Waals surface area contributed by atoms with Crippen molar-refractivity contribution in [1.29, 1.82) is 0 Å². The van der Waals surface area contributed by atoms with Crippen LogP contribution in [0.5, 0.6) is 0 Å². The first kappa shape index (κ1) is 27.0. The van der Waals surface area contributed by atoms with Crippen LogP contribution < -0.4 is 5.32 Å². The molecule has 0 saturated heterocycles. The van der Waals surface area contributed by atoms with Gasteiger partial charge in [0.05, 0.1) is 5.56 Å². The van der Waals surface area contributed by atoms with Gasteiger partial charge in [0.15, 0.2) is 0 Å². The van der Waals surface area contributed by atoms with Crippen molar-refractivity contribution >= 4 is 0 Å². The predicted molar refractivity (Wildman–Crippen MR) is 140 cm³/mol. The monoisotopic (exact) mass is 481 g/mol. The second kappa shape index (κ2) is 12.4. The minimum atomic E-state index is -4.30. The van der Waals surface area contributed by atoms with E-state index >= 15 is 0 Å². The van der Waals surface area contributed by atoms with Crippen LogP contribution in [-0.2, 0) is 19.0 Å². The predicted octanol–water partition coefficient (Wildman–Crippen LogP) is 8.40. The Labute approximate surface area is 208 Å². The van der Waals surface area contributed by atoms with Crippen molar-refractivity contribution in [3.63, 3.8) is 0 Å². The summed E-state index contributed by atoms with van der Waals surface area (Å²) >= 11 is 0. The molecule has 188 valence electrons. The van der Waals surface area contributed by atoms with Crippen LogP contribution in [0.3, 0.4) is 0 Å². The number of hydrogen-bond donors (Lipinski definition) is 1. The summed E-state index contributed by atoms with van der Waals surface area (Å²) in [7, 11) is 0. The molecule has 1 N–H and O–H groups in total. The van der Waals surface area contributed by atoms with Crippen molar-refractivity contribution in [1.82, 2.24) is 5.32 Å². The third-order valence-corrected chi connectivity index (χ3v) is 6.89. The van der Waals surface area contributed by atoms with Crippen LogP contribution in [0.25, 0.3) is 0 Å². The van der Waals surface area contributed by atoms with Gasteiger partial charge < -0.3 is 5.32 Å². The largest absolute Gasteiger partial charge is 0.416 e. The quantitative estimate of drug-likeness (QED) is 0.290. The first-order valence-electron chi connectivity index (χ1n) is 12.7. The maximum absolute atomic E-state index is 12.9. The summed E-state index contributed by atoms with van der Waals surface area (Å²) in [5.74, 6) is 1.27. The Morgan fingerprint density at radius 1 is 0.686 bits per heavy atom. The Hall–Kier alpha value is -2.59. The summed E-state index contributed by atoms with van der Waals surface area (Å²) < 4.78 is 38.8. The molecule has 0 radical (unpaired) electrons. The Morgan fingerprint density at radius 3 is 1.83 bits per heavy atom. The Morgan fingerprint density at radius 2 is 1.26 bits per heavy atom. The molecule has 0 aromatic heterocycles. The zero-order chi connectivity index (χ0) is 25.4. The molecule has 0 aliphatic carbocycles. The highest BCUT2D eigenvalue weighted by atomic mass is 19.4. The first-order chi connectivity index (χ1) is 16.6. The van der Waals surface area contributed by atoms with Crippen molar-refractivity contribution < 1.29 is 13.2 Å². The SMILES string of the molecule is CC(C)Cc1ccc(C(C)C(C)NCCC(Cc2ccc(C(F)(F)F)cc2)c2ccccc2)cc1. The smallest absolute Gasteiger partial charge is 0.314 e. The van der Waals surface area contributed by atoms with E-state index in [0.717, 1.165) is 24.9 Å². The molecule has 0 saturated carbocycles. The van der Waals surface area contributed by atoms with Gasteiger partial charge in [-0.25, -0.2) is 0 Å². The highest BCUT2D eigenvalue weighted by molar-refractivity contribution is 5.29. The summed E-state index contributed by atoms with van der Waals surface area (Å²) in [5, 5.41) is 3.69. The van der Waals surface area contributed by atoms with Gasteiger partial charge in [-0.15, -0.1) is 0 Å². The van der Waals surface area contributed by atoms with E-state index in [0.29, 0.717) is 24.3 Å². The highest BCUT2D eigenvalue weighted by Gasteiger charge is 2.30. The number of benzene rings is 3. The van der Waals surface area contributed by atoms with Crippen molar-refractivity contribution in [2.24, 2.45) is 5.92 Å². The summed E-state index contributed by atoms with van der Waals surface area (Å²) in [4.78, 5) is 0. The van der Waals surface area contributed by atoms with E-state index in [1.165, 1.54) is 28.8 Å². The van der Waals surface area contributed by atoms with Crippen LogP contribution in [0, 0.1) is 5.92 Å². The average molecular weight is 482 g/mol. The molecule has 1 nitrogen and oxygen atoms in total. The van der Waals surface area contributed by atoms with E-state index in [2.05, 4.69) is 69.4 Å². The van der Waals surface area contributed by atoms with E-state index in [1.54, 1.807) is 12.1 Å². The molecule has 3 aromatic carbocycles. The molecule has 0 bridgehead atoms. The maximum atomic E-state index is 12.9. The lowest BCUT2D eigenvalue weighted by Gasteiger charge is -2.24. The van der Waals surface area contributed by atoms with Gasteiger partial charge in [0, 0.05) is 6.04 Å². The van der Waals surface area contributed by atoms with Crippen LogP contribution in [-0.4, -0.2) is 12.6 Å². The number of nitrogens with one attached hydrogen (secondary N) is 1. The number of rotatable bonds is 11. The summed E-state index contributed by atoms with van der Waals surface area (Å²) in [6.45, 7) is 9.80. The third kappa shape index (κ3) is 8.24. The second-order valence-electron chi connectivity index (χ2n) is 10.2. The van der Waals surface area contributed by atoms with Gasteiger partial charge in [-0.3, -0.25) is 0 Å². The molecule has 4 heteroatoms. The van der Waals surface area contributed by atoms with E-state index < -0.39 is 11.7 Å². The molecule has 0 heterocycles. The lowest BCUT2D eigenvalue weighted by molar-refractivity contribution is -0.137. The molecule has 3 aromatic rings.